The number of halogens is 1. The first-order valence-corrected chi connectivity index (χ1v) is 9.02. The molecule has 1 amide bonds. The van der Waals surface area contributed by atoms with Gasteiger partial charge in [-0.1, -0.05) is 11.6 Å². The molecule has 22 heavy (non-hydrogen) atoms. The molecule has 1 aromatic carbocycles. The van der Waals surface area contributed by atoms with E-state index in [1.165, 1.54) is 28.6 Å². The van der Waals surface area contributed by atoms with Crippen molar-refractivity contribution in [1.29, 1.82) is 0 Å². The Morgan fingerprint density at radius 1 is 1.27 bits per heavy atom. The van der Waals surface area contributed by atoms with Crippen molar-refractivity contribution in [2.75, 3.05) is 6.54 Å². The fourth-order valence-electron chi connectivity index (χ4n) is 2.48. The second kappa shape index (κ2) is 6.18. The lowest BCUT2D eigenvalue weighted by molar-refractivity contribution is -0.125. The van der Waals surface area contributed by atoms with Gasteiger partial charge < -0.3 is 5.32 Å². The molecule has 1 fully saturated rings. The lowest BCUT2D eigenvalue weighted by Crippen LogP contribution is -2.51. The van der Waals surface area contributed by atoms with Gasteiger partial charge in [-0.3, -0.25) is 4.79 Å². The number of rotatable bonds is 3. The standard InChI is InChI=1S/C15H21ClN2O3S/c1-15(2,3)17-14(19)13-5-4-10-18(13)22(20,21)12-8-6-11(16)7-9-12/h6-9,13H,4-5,10H2,1-3H3,(H,17,19). The monoisotopic (exact) mass is 344 g/mol. The van der Waals surface area contributed by atoms with Crippen LogP contribution in [0.25, 0.3) is 0 Å². The van der Waals surface area contributed by atoms with Gasteiger partial charge in [-0.15, -0.1) is 0 Å². The van der Waals surface area contributed by atoms with Gasteiger partial charge in [0.05, 0.1) is 4.90 Å². The van der Waals surface area contributed by atoms with Gasteiger partial charge >= 0.3 is 0 Å². The Morgan fingerprint density at radius 3 is 2.41 bits per heavy atom. The predicted molar refractivity (Wildman–Crippen MR) is 86.3 cm³/mol. The van der Waals surface area contributed by atoms with Gasteiger partial charge in [-0.2, -0.15) is 4.31 Å². The first-order valence-electron chi connectivity index (χ1n) is 7.21. The Labute approximate surface area is 136 Å². The molecule has 1 aliphatic heterocycles. The average molecular weight is 345 g/mol. The van der Waals surface area contributed by atoms with E-state index in [1.54, 1.807) is 0 Å². The molecule has 1 aromatic rings. The number of carbonyl (C=O) groups is 1. The minimum Gasteiger partial charge on any atom is -0.350 e. The summed E-state index contributed by atoms with van der Waals surface area (Å²) in [4.78, 5) is 12.5. The number of nitrogens with zero attached hydrogens (tertiary/aromatic N) is 1. The average Bonchev–Trinajstić information content (AvgIpc) is 2.87. The molecule has 0 aromatic heterocycles. The molecule has 1 heterocycles. The maximum Gasteiger partial charge on any atom is 0.243 e. The third-order valence-electron chi connectivity index (χ3n) is 3.42. The lowest BCUT2D eigenvalue weighted by atomic mass is 10.1. The smallest absolute Gasteiger partial charge is 0.243 e. The number of hydrogen-bond acceptors (Lipinski definition) is 3. The van der Waals surface area contributed by atoms with Gasteiger partial charge in [0.15, 0.2) is 0 Å². The summed E-state index contributed by atoms with van der Waals surface area (Å²) in [6, 6.07) is 5.35. The van der Waals surface area contributed by atoms with Crippen LogP contribution in [0.15, 0.2) is 29.2 Å². The zero-order valence-corrected chi connectivity index (χ0v) is 14.5. The Morgan fingerprint density at radius 2 is 1.86 bits per heavy atom. The van der Waals surface area contributed by atoms with Crippen molar-refractivity contribution in [2.24, 2.45) is 0 Å². The third-order valence-corrected chi connectivity index (χ3v) is 5.60. The van der Waals surface area contributed by atoms with E-state index in [2.05, 4.69) is 5.32 Å². The summed E-state index contributed by atoms with van der Waals surface area (Å²) in [5.74, 6) is -0.248. The number of nitrogens with one attached hydrogen (secondary N) is 1. The fraction of sp³-hybridized carbons (Fsp3) is 0.533. The Bertz CT molecular complexity index is 650. The second-order valence-electron chi connectivity index (χ2n) is 6.47. The van der Waals surface area contributed by atoms with Crippen molar-refractivity contribution in [1.82, 2.24) is 9.62 Å². The summed E-state index contributed by atoms with van der Waals surface area (Å²) < 4.78 is 26.7. The van der Waals surface area contributed by atoms with Crippen molar-refractivity contribution >= 4 is 27.5 Å². The van der Waals surface area contributed by atoms with E-state index < -0.39 is 21.6 Å². The minimum atomic E-state index is -3.69. The largest absolute Gasteiger partial charge is 0.350 e. The van der Waals surface area contributed by atoms with Crippen LogP contribution in [0.3, 0.4) is 0 Å². The fourth-order valence-corrected chi connectivity index (χ4v) is 4.27. The molecule has 0 bridgehead atoms. The van der Waals surface area contributed by atoms with E-state index in [0.29, 0.717) is 24.4 Å². The van der Waals surface area contributed by atoms with Crippen molar-refractivity contribution in [3.63, 3.8) is 0 Å². The number of amides is 1. The van der Waals surface area contributed by atoms with E-state index in [1.807, 2.05) is 20.8 Å². The number of hydrogen-bond donors (Lipinski definition) is 1. The van der Waals surface area contributed by atoms with Gasteiger partial charge in [-0.05, 0) is 57.9 Å². The van der Waals surface area contributed by atoms with Crippen molar-refractivity contribution in [3.8, 4) is 0 Å². The molecule has 1 atom stereocenters. The second-order valence-corrected chi connectivity index (χ2v) is 8.79. The molecule has 1 aliphatic rings. The van der Waals surface area contributed by atoms with Crippen LogP contribution in [-0.4, -0.2) is 36.8 Å². The summed E-state index contributed by atoms with van der Waals surface area (Å²) in [5, 5.41) is 3.33. The Balaban J connectivity index is 2.26. The summed E-state index contributed by atoms with van der Waals surface area (Å²) >= 11 is 5.80. The van der Waals surface area contributed by atoms with Crippen molar-refractivity contribution < 1.29 is 13.2 Å². The van der Waals surface area contributed by atoms with Gasteiger partial charge in [0.25, 0.3) is 0 Å². The van der Waals surface area contributed by atoms with Crippen LogP contribution < -0.4 is 5.32 Å². The summed E-state index contributed by atoms with van der Waals surface area (Å²) in [6.07, 6.45) is 1.21. The van der Waals surface area contributed by atoms with E-state index >= 15 is 0 Å². The van der Waals surface area contributed by atoms with Crippen LogP contribution in [0.1, 0.15) is 33.6 Å². The Kier molecular flexibility index (Phi) is 4.84. The molecule has 0 radical (unpaired) electrons. The Hall–Kier alpha value is -1.11. The van der Waals surface area contributed by atoms with Crippen LogP contribution in [0.5, 0.6) is 0 Å². The molecular weight excluding hydrogens is 324 g/mol. The molecule has 5 nitrogen and oxygen atoms in total. The highest BCUT2D eigenvalue weighted by Crippen LogP contribution is 2.27. The number of benzene rings is 1. The normalized spacial score (nSPS) is 20.1. The third kappa shape index (κ3) is 3.80. The molecule has 0 spiro atoms. The SMILES string of the molecule is CC(C)(C)NC(=O)C1CCCN1S(=O)(=O)c1ccc(Cl)cc1. The molecule has 1 unspecified atom stereocenters. The molecule has 0 aliphatic carbocycles. The molecule has 0 saturated carbocycles. The lowest BCUT2D eigenvalue weighted by Gasteiger charge is -2.27. The maximum absolute atomic E-state index is 12.7. The highest BCUT2D eigenvalue weighted by molar-refractivity contribution is 7.89. The summed E-state index contributed by atoms with van der Waals surface area (Å²) in [7, 11) is -3.69. The van der Waals surface area contributed by atoms with Crippen LogP contribution >= 0.6 is 11.6 Å². The summed E-state index contributed by atoms with van der Waals surface area (Å²) in [6.45, 7) is 5.97. The van der Waals surface area contributed by atoms with Gasteiger partial charge in [0.2, 0.25) is 15.9 Å². The molecular formula is C15H21ClN2O3S. The van der Waals surface area contributed by atoms with E-state index in [0.717, 1.165) is 0 Å². The summed E-state index contributed by atoms with van der Waals surface area (Å²) in [5.41, 5.74) is -0.393. The predicted octanol–water partition coefficient (Wildman–Crippen LogP) is 2.41. The maximum atomic E-state index is 12.7. The van der Waals surface area contributed by atoms with Crippen molar-refractivity contribution in [3.05, 3.63) is 29.3 Å². The minimum absolute atomic E-state index is 0.160. The van der Waals surface area contributed by atoms with E-state index in [4.69, 9.17) is 11.6 Å². The van der Waals surface area contributed by atoms with Crippen LogP contribution in [0.4, 0.5) is 0 Å². The topological polar surface area (TPSA) is 66.5 Å². The number of carbonyl (C=O) groups excluding carboxylic acids is 1. The molecule has 2 rings (SSSR count). The van der Waals surface area contributed by atoms with Gasteiger partial charge in [-0.25, -0.2) is 8.42 Å². The van der Waals surface area contributed by atoms with Crippen LogP contribution in [0, 0.1) is 0 Å². The quantitative estimate of drug-likeness (QED) is 0.915. The molecule has 1 saturated heterocycles. The number of sulfonamides is 1. The zero-order valence-electron chi connectivity index (χ0n) is 13.0. The molecule has 7 heteroatoms. The van der Waals surface area contributed by atoms with Gasteiger partial charge in [0.1, 0.15) is 6.04 Å². The van der Waals surface area contributed by atoms with E-state index in [-0.39, 0.29) is 10.8 Å². The molecule has 1 N–H and O–H groups in total. The van der Waals surface area contributed by atoms with Gasteiger partial charge in [0, 0.05) is 17.1 Å². The first kappa shape index (κ1) is 17.2. The highest BCUT2D eigenvalue weighted by Gasteiger charge is 2.40. The highest BCUT2D eigenvalue weighted by atomic mass is 35.5. The molecule has 122 valence electrons. The van der Waals surface area contributed by atoms with E-state index in [9.17, 15) is 13.2 Å². The van der Waals surface area contributed by atoms with Crippen molar-refractivity contribution in [2.45, 2.75) is 50.1 Å². The van der Waals surface area contributed by atoms with Crippen LogP contribution in [-0.2, 0) is 14.8 Å². The first-order chi connectivity index (χ1) is 10.1. The zero-order chi connectivity index (χ0) is 16.5. The van der Waals surface area contributed by atoms with Crippen LogP contribution in [0.2, 0.25) is 5.02 Å².